The van der Waals surface area contributed by atoms with Crippen LogP contribution in [0.25, 0.3) is 0 Å². The fourth-order valence-electron chi connectivity index (χ4n) is 2.04. The highest BCUT2D eigenvalue weighted by Crippen LogP contribution is 2.30. The van der Waals surface area contributed by atoms with Crippen LogP contribution in [-0.4, -0.2) is 11.5 Å². The van der Waals surface area contributed by atoms with Gasteiger partial charge in [-0.15, -0.1) is 0 Å². The van der Waals surface area contributed by atoms with E-state index >= 15 is 0 Å². The predicted octanol–water partition coefficient (Wildman–Crippen LogP) is 3.85. The molecule has 1 atom stereocenters. The van der Waals surface area contributed by atoms with Crippen LogP contribution in [0.4, 0.5) is 0 Å². The molecule has 3 nitrogen and oxygen atoms in total. The number of aromatic nitrogens is 1. The fourth-order valence-corrected chi connectivity index (χ4v) is 2.04. The quantitative estimate of drug-likeness (QED) is 0.882. The van der Waals surface area contributed by atoms with Crippen molar-refractivity contribution in [2.45, 2.75) is 26.8 Å². The monoisotopic (exact) mass is 256 g/mol. The van der Waals surface area contributed by atoms with Crippen molar-refractivity contribution in [3.8, 4) is 11.5 Å². The van der Waals surface area contributed by atoms with Crippen LogP contribution < -0.4 is 10.1 Å². The van der Waals surface area contributed by atoms with Gasteiger partial charge in [-0.25, -0.2) is 0 Å². The summed E-state index contributed by atoms with van der Waals surface area (Å²) < 4.78 is 6.01. The minimum atomic E-state index is 0.262. The first-order valence-electron chi connectivity index (χ1n) is 6.64. The third-order valence-corrected chi connectivity index (χ3v) is 3.07. The summed E-state index contributed by atoms with van der Waals surface area (Å²) in [6, 6.07) is 12.2. The molecule has 1 N–H and O–H groups in total. The summed E-state index contributed by atoms with van der Waals surface area (Å²) in [4.78, 5) is 4.25. The molecule has 0 amide bonds. The summed E-state index contributed by atoms with van der Waals surface area (Å²) in [6.07, 6.45) is 1.77. The van der Waals surface area contributed by atoms with Crippen LogP contribution in [0.3, 0.4) is 0 Å². The summed E-state index contributed by atoms with van der Waals surface area (Å²) in [5.41, 5.74) is 2.06. The Morgan fingerprint density at radius 3 is 2.63 bits per heavy atom. The fraction of sp³-hybridized carbons (Fsp3) is 0.312. The molecular weight excluding hydrogens is 236 g/mol. The first-order chi connectivity index (χ1) is 9.22. The highest BCUT2D eigenvalue weighted by molar-refractivity contribution is 5.40. The van der Waals surface area contributed by atoms with Gasteiger partial charge in [-0.2, -0.15) is 0 Å². The summed E-state index contributed by atoms with van der Waals surface area (Å²) >= 11 is 0. The third-order valence-electron chi connectivity index (χ3n) is 3.07. The van der Waals surface area contributed by atoms with E-state index in [-0.39, 0.29) is 6.04 Å². The van der Waals surface area contributed by atoms with E-state index in [1.165, 1.54) is 0 Å². The number of nitrogens with one attached hydrogen (secondary N) is 1. The maximum atomic E-state index is 6.01. The van der Waals surface area contributed by atoms with Crippen LogP contribution in [0, 0.1) is 6.92 Å². The average Bonchev–Trinajstić information content (AvgIpc) is 2.42. The number of para-hydroxylation sites is 1. The molecule has 0 saturated heterocycles. The van der Waals surface area contributed by atoms with Crippen LogP contribution in [0.1, 0.15) is 31.1 Å². The zero-order valence-electron chi connectivity index (χ0n) is 11.7. The molecule has 1 unspecified atom stereocenters. The number of aryl methyl sites for hydroxylation is 1. The van der Waals surface area contributed by atoms with Gasteiger partial charge in [0.05, 0.1) is 5.69 Å². The lowest BCUT2D eigenvalue weighted by Crippen LogP contribution is -2.18. The Morgan fingerprint density at radius 1 is 1.16 bits per heavy atom. The molecule has 2 aromatic rings. The standard InChI is InChI=1S/C16H20N2O/c1-4-17-12(2)14-8-5-6-9-16(14)19-15-10-7-11-18-13(15)3/h5-12,17H,4H2,1-3H3. The first-order valence-corrected chi connectivity index (χ1v) is 6.64. The van der Waals surface area contributed by atoms with E-state index in [0.717, 1.165) is 29.3 Å². The maximum Gasteiger partial charge on any atom is 0.148 e. The van der Waals surface area contributed by atoms with E-state index in [0.29, 0.717) is 0 Å². The van der Waals surface area contributed by atoms with Gasteiger partial charge < -0.3 is 10.1 Å². The molecule has 2 rings (SSSR count). The van der Waals surface area contributed by atoms with Crippen molar-refractivity contribution in [3.63, 3.8) is 0 Å². The maximum absolute atomic E-state index is 6.01. The topological polar surface area (TPSA) is 34.1 Å². The van der Waals surface area contributed by atoms with Crippen molar-refractivity contribution in [1.82, 2.24) is 10.3 Å². The van der Waals surface area contributed by atoms with Crippen LogP contribution in [0.15, 0.2) is 42.6 Å². The van der Waals surface area contributed by atoms with E-state index < -0.39 is 0 Å². The van der Waals surface area contributed by atoms with Gasteiger partial charge in [-0.05, 0) is 38.6 Å². The van der Waals surface area contributed by atoms with Crippen molar-refractivity contribution in [1.29, 1.82) is 0 Å². The second-order valence-corrected chi connectivity index (χ2v) is 4.51. The van der Waals surface area contributed by atoms with Crippen molar-refractivity contribution >= 4 is 0 Å². The Morgan fingerprint density at radius 2 is 1.89 bits per heavy atom. The van der Waals surface area contributed by atoms with Crippen molar-refractivity contribution < 1.29 is 4.74 Å². The molecule has 1 heterocycles. The Hall–Kier alpha value is -1.87. The lowest BCUT2D eigenvalue weighted by molar-refractivity contribution is 0.457. The molecule has 0 radical (unpaired) electrons. The van der Waals surface area contributed by atoms with Gasteiger partial charge in [0.2, 0.25) is 0 Å². The van der Waals surface area contributed by atoms with Crippen molar-refractivity contribution in [3.05, 3.63) is 53.9 Å². The minimum absolute atomic E-state index is 0.262. The molecule has 0 spiro atoms. The van der Waals surface area contributed by atoms with Gasteiger partial charge in [0, 0.05) is 17.8 Å². The van der Waals surface area contributed by atoms with Gasteiger partial charge >= 0.3 is 0 Å². The lowest BCUT2D eigenvalue weighted by Gasteiger charge is -2.17. The highest BCUT2D eigenvalue weighted by Gasteiger charge is 2.11. The number of hydrogen-bond donors (Lipinski definition) is 1. The van der Waals surface area contributed by atoms with Crippen LogP contribution in [-0.2, 0) is 0 Å². The van der Waals surface area contributed by atoms with E-state index in [2.05, 4.69) is 30.2 Å². The van der Waals surface area contributed by atoms with Gasteiger partial charge in [0.25, 0.3) is 0 Å². The molecule has 100 valence electrons. The molecule has 1 aromatic heterocycles. The molecule has 0 bridgehead atoms. The van der Waals surface area contributed by atoms with Crippen LogP contribution in [0.2, 0.25) is 0 Å². The normalized spacial score (nSPS) is 12.2. The summed E-state index contributed by atoms with van der Waals surface area (Å²) in [6.45, 7) is 7.13. The molecule has 0 saturated carbocycles. The van der Waals surface area contributed by atoms with Crippen molar-refractivity contribution in [2.24, 2.45) is 0 Å². The smallest absolute Gasteiger partial charge is 0.148 e. The average molecular weight is 256 g/mol. The number of ether oxygens (including phenoxy) is 1. The molecule has 0 aliphatic rings. The van der Waals surface area contributed by atoms with Gasteiger partial charge in [-0.3, -0.25) is 4.98 Å². The zero-order valence-corrected chi connectivity index (χ0v) is 11.7. The summed E-state index contributed by atoms with van der Waals surface area (Å²) in [7, 11) is 0. The molecule has 19 heavy (non-hydrogen) atoms. The Balaban J connectivity index is 2.28. The van der Waals surface area contributed by atoms with E-state index in [4.69, 9.17) is 4.74 Å². The number of nitrogens with zero attached hydrogens (tertiary/aromatic N) is 1. The number of pyridine rings is 1. The van der Waals surface area contributed by atoms with Gasteiger partial charge in [0.15, 0.2) is 0 Å². The van der Waals surface area contributed by atoms with Crippen LogP contribution in [0.5, 0.6) is 11.5 Å². The molecular formula is C16H20N2O. The summed E-state index contributed by atoms with van der Waals surface area (Å²) in [5, 5.41) is 3.41. The molecule has 0 aliphatic heterocycles. The number of rotatable bonds is 5. The molecule has 3 heteroatoms. The van der Waals surface area contributed by atoms with Crippen molar-refractivity contribution in [2.75, 3.05) is 6.54 Å². The number of hydrogen-bond acceptors (Lipinski definition) is 3. The van der Waals surface area contributed by atoms with Gasteiger partial charge in [0.1, 0.15) is 11.5 Å². The lowest BCUT2D eigenvalue weighted by atomic mass is 10.1. The Kier molecular flexibility index (Phi) is 4.53. The second kappa shape index (κ2) is 6.34. The largest absolute Gasteiger partial charge is 0.455 e. The third kappa shape index (κ3) is 3.32. The second-order valence-electron chi connectivity index (χ2n) is 4.51. The Labute approximate surface area is 114 Å². The Bertz CT molecular complexity index is 540. The predicted molar refractivity (Wildman–Crippen MR) is 77.6 cm³/mol. The SMILES string of the molecule is CCNC(C)c1ccccc1Oc1cccnc1C. The van der Waals surface area contributed by atoms with Gasteiger partial charge in [-0.1, -0.05) is 25.1 Å². The highest BCUT2D eigenvalue weighted by atomic mass is 16.5. The number of benzene rings is 1. The molecule has 0 fully saturated rings. The zero-order chi connectivity index (χ0) is 13.7. The van der Waals surface area contributed by atoms with E-state index in [1.807, 2.05) is 37.3 Å². The first kappa shape index (κ1) is 13.6. The van der Waals surface area contributed by atoms with E-state index in [9.17, 15) is 0 Å². The van der Waals surface area contributed by atoms with Crippen LogP contribution >= 0.6 is 0 Å². The molecule has 0 aliphatic carbocycles. The minimum Gasteiger partial charge on any atom is -0.455 e. The van der Waals surface area contributed by atoms with E-state index in [1.54, 1.807) is 6.20 Å². The molecule has 1 aromatic carbocycles. The summed E-state index contributed by atoms with van der Waals surface area (Å²) in [5.74, 6) is 1.69.